The number of hydrogen-bond acceptors (Lipinski definition) is 6. The van der Waals surface area contributed by atoms with Crippen molar-refractivity contribution in [3.63, 3.8) is 0 Å². The molecular formula is C16H33KO6S. The third-order valence-electron chi connectivity index (χ3n) is 3.47. The number of hydrogen-bond donors (Lipinski definition) is 0. The van der Waals surface area contributed by atoms with Crippen LogP contribution in [-0.2, 0) is 24.1 Å². The summed E-state index contributed by atoms with van der Waals surface area (Å²) in [6, 6.07) is 0. The number of ether oxygens (including phenoxy) is 2. The zero-order valence-electron chi connectivity index (χ0n) is 15.5. The Hall–Kier alpha value is 1.43. The van der Waals surface area contributed by atoms with E-state index in [9.17, 15) is 13.0 Å². The summed E-state index contributed by atoms with van der Waals surface area (Å²) < 4.78 is 44.9. The Bertz CT molecular complexity index is 337. The van der Waals surface area contributed by atoms with E-state index >= 15 is 0 Å². The Balaban J connectivity index is 0. The fraction of sp³-hybridized carbons (Fsp3) is 1.00. The van der Waals surface area contributed by atoms with Gasteiger partial charge >= 0.3 is 51.4 Å². The third-order valence-corrected chi connectivity index (χ3v) is 3.92. The first kappa shape index (κ1) is 27.6. The summed E-state index contributed by atoms with van der Waals surface area (Å²) in [5.41, 5.74) is 0. The van der Waals surface area contributed by atoms with E-state index in [1.807, 2.05) is 0 Å². The maximum atomic E-state index is 10.1. The number of rotatable bonds is 18. The molecule has 0 saturated carbocycles. The van der Waals surface area contributed by atoms with Crippen LogP contribution in [0.5, 0.6) is 0 Å². The van der Waals surface area contributed by atoms with Crippen LogP contribution in [0.4, 0.5) is 0 Å². The van der Waals surface area contributed by atoms with Crippen LogP contribution < -0.4 is 51.4 Å². The maximum absolute atomic E-state index is 10.1. The second kappa shape index (κ2) is 20.7. The van der Waals surface area contributed by atoms with Crippen LogP contribution in [0.25, 0.3) is 0 Å². The summed E-state index contributed by atoms with van der Waals surface area (Å²) >= 11 is 0. The number of unbranched alkanes of at least 4 members (excludes halogenated alkanes) is 9. The van der Waals surface area contributed by atoms with Crippen molar-refractivity contribution < 1.29 is 78.0 Å². The van der Waals surface area contributed by atoms with E-state index in [-0.39, 0.29) is 64.6 Å². The molecule has 0 amide bonds. The van der Waals surface area contributed by atoms with Gasteiger partial charge in [0.2, 0.25) is 10.4 Å². The van der Waals surface area contributed by atoms with Gasteiger partial charge in [-0.15, -0.1) is 0 Å². The van der Waals surface area contributed by atoms with Crippen molar-refractivity contribution in [2.75, 3.05) is 33.0 Å². The molecule has 24 heavy (non-hydrogen) atoms. The van der Waals surface area contributed by atoms with Crippen molar-refractivity contribution in [3.8, 4) is 0 Å². The van der Waals surface area contributed by atoms with Gasteiger partial charge < -0.3 is 14.0 Å². The maximum Gasteiger partial charge on any atom is 1.00 e. The average molecular weight is 393 g/mol. The van der Waals surface area contributed by atoms with Crippen LogP contribution in [-0.4, -0.2) is 46.0 Å². The molecule has 0 spiro atoms. The summed E-state index contributed by atoms with van der Waals surface area (Å²) in [6.07, 6.45) is 13.0. The zero-order chi connectivity index (χ0) is 17.2. The SMILES string of the molecule is CCCCCCCCCCCCOCCOCCOS(=O)(=O)[O-].[K+]. The van der Waals surface area contributed by atoms with Crippen LogP contribution in [0, 0.1) is 0 Å². The monoisotopic (exact) mass is 392 g/mol. The van der Waals surface area contributed by atoms with Crippen molar-refractivity contribution in [2.24, 2.45) is 0 Å². The van der Waals surface area contributed by atoms with Gasteiger partial charge in [-0.05, 0) is 6.42 Å². The van der Waals surface area contributed by atoms with Crippen molar-refractivity contribution in [3.05, 3.63) is 0 Å². The van der Waals surface area contributed by atoms with Gasteiger partial charge in [0.05, 0.1) is 26.4 Å². The van der Waals surface area contributed by atoms with E-state index in [1.54, 1.807) is 0 Å². The van der Waals surface area contributed by atoms with Gasteiger partial charge in [-0.3, -0.25) is 4.18 Å². The summed E-state index contributed by atoms with van der Waals surface area (Å²) in [5, 5.41) is 0. The molecule has 0 N–H and O–H groups in total. The molecule has 0 fully saturated rings. The second-order valence-corrected chi connectivity index (χ2v) is 6.69. The standard InChI is InChI=1S/C16H34O6S.K/c1-2-3-4-5-6-7-8-9-10-11-12-20-13-14-21-15-16-22-23(17,18)19;/h2-16H2,1H3,(H,17,18,19);/q;+1/p-1. The van der Waals surface area contributed by atoms with Gasteiger partial charge in [0.1, 0.15) is 0 Å². The predicted molar refractivity (Wildman–Crippen MR) is 89.1 cm³/mol. The molecule has 0 aliphatic heterocycles. The Morgan fingerprint density at radius 2 is 1.08 bits per heavy atom. The molecule has 140 valence electrons. The second-order valence-electron chi connectivity index (χ2n) is 5.64. The van der Waals surface area contributed by atoms with Crippen LogP contribution in [0.3, 0.4) is 0 Å². The minimum atomic E-state index is -4.61. The third kappa shape index (κ3) is 25.7. The van der Waals surface area contributed by atoms with Crippen molar-refractivity contribution in [2.45, 2.75) is 71.1 Å². The first-order valence-corrected chi connectivity index (χ1v) is 10.2. The van der Waals surface area contributed by atoms with E-state index in [0.29, 0.717) is 13.2 Å². The molecule has 6 nitrogen and oxygen atoms in total. The smallest absolute Gasteiger partial charge is 0.726 e. The van der Waals surface area contributed by atoms with Gasteiger partial charge in [-0.2, -0.15) is 0 Å². The minimum Gasteiger partial charge on any atom is -0.726 e. The molecule has 0 aliphatic rings. The minimum absolute atomic E-state index is 0. The summed E-state index contributed by atoms with van der Waals surface area (Å²) in [6.45, 7) is 3.64. The van der Waals surface area contributed by atoms with E-state index in [1.165, 1.54) is 57.8 Å². The first-order chi connectivity index (χ1) is 11.1. The Morgan fingerprint density at radius 3 is 1.58 bits per heavy atom. The van der Waals surface area contributed by atoms with E-state index in [0.717, 1.165) is 13.0 Å². The Morgan fingerprint density at radius 1 is 0.667 bits per heavy atom. The van der Waals surface area contributed by atoms with E-state index < -0.39 is 10.4 Å². The molecule has 8 heteroatoms. The van der Waals surface area contributed by atoms with E-state index in [2.05, 4.69) is 11.1 Å². The topological polar surface area (TPSA) is 84.9 Å². The molecule has 0 bridgehead atoms. The fourth-order valence-electron chi connectivity index (χ4n) is 2.21. The van der Waals surface area contributed by atoms with Gasteiger partial charge in [-0.25, -0.2) is 8.42 Å². The first-order valence-electron chi connectivity index (χ1n) is 8.82. The normalized spacial score (nSPS) is 11.4. The Kier molecular flexibility index (Phi) is 23.9. The molecule has 0 heterocycles. The zero-order valence-corrected chi connectivity index (χ0v) is 19.4. The Labute approximate surface area is 190 Å². The average Bonchev–Trinajstić information content (AvgIpc) is 2.49. The molecule has 0 radical (unpaired) electrons. The molecule has 0 aromatic heterocycles. The van der Waals surface area contributed by atoms with Crippen LogP contribution >= 0.6 is 0 Å². The molecule has 0 saturated heterocycles. The molecule has 0 aromatic carbocycles. The van der Waals surface area contributed by atoms with Crippen molar-refractivity contribution in [1.82, 2.24) is 0 Å². The predicted octanol–water partition coefficient (Wildman–Crippen LogP) is 0.421. The molecule has 0 aliphatic carbocycles. The van der Waals surface area contributed by atoms with E-state index in [4.69, 9.17) is 9.47 Å². The summed E-state index contributed by atoms with van der Waals surface area (Å²) in [7, 11) is -4.61. The summed E-state index contributed by atoms with van der Waals surface area (Å²) in [4.78, 5) is 0. The van der Waals surface area contributed by atoms with Crippen LogP contribution in [0.15, 0.2) is 0 Å². The van der Waals surface area contributed by atoms with Gasteiger partial charge in [0.15, 0.2) is 0 Å². The van der Waals surface area contributed by atoms with Crippen molar-refractivity contribution in [1.29, 1.82) is 0 Å². The van der Waals surface area contributed by atoms with Gasteiger partial charge in [-0.1, -0.05) is 64.7 Å². The van der Waals surface area contributed by atoms with Gasteiger partial charge in [0.25, 0.3) is 0 Å². The molecule has 0 rings (SSSR count). The quantitative estimate of drug-likeness (QED) is 0.145. The fourth-order valence-corrected chi connectivity index (χ4v) is 2.48. The summed E-state index contributed by atoms with van der Waals surface area (Å²) in [5.74, 6) is 0. The molecule has 0 atom stereocenters. The molecular weight excluding hydrogens is 359 g/mol. The van der Waals surface area contributed by atoms with Crippen LogP contribution in [0.1, 0.15) is 71.1 Å². The van der Waals surface area contributed by atoms with Crippen LogP contribution in [0.2, 0.25) is 0 Å². The molecule has 0 aromatic rings. The largest absolute Gasteiger partial charge is 1.00 e. The van der Waals surface area contributed by atoms with Crippen molar-refractivity contribution >= 4 is 10.4 Å². The molecule has 0 unspecified atom stereocenters. The van der Waals surface area contributed by atoms with Gasteiger partial charge in [0, 0.05) is 6.61 Å².